The van der Waals surface area contributed by atoms with Crippen LogP contribution >= 0.6 is 0 Å². The predicted octanol–water partition coefficient (Wildman–Crippen LogP) is 7.66. The van der Waals surface area contributed by atoms with Gasteiger partial charge < -0.3 is 13.3 Å². The van der Waals surface area contributed by atoms with Gasteiger partial charge in [-0.2, -0.15) is 0 Å². The molecule has 0 atom stereocenters. The van der Waals surface area contributed by atoms with Gasteiger partial charge in [-0.1, -0.05) is 53.7 Å². The third-order valence-corrected chi connectivity index (χ3v) is 17.7. The first kappa shape index (κ1) is 31.4. The molecule has 3 aromatic heterocycles. The third-order valence-electron chi connectivity index (χ3n) is 8.66. The Morgan fingerprint density at radius 3 is 1.97 bits per heavy atom. The molecule has 0 aliphatic carbocycles. The first-order valence-electron chi connectivity index (χ1n) is 14.1. The minimum Gasteiger partial charge on any atom is -0.416 e. The van der Waals surface area contributed by atoms with Crippen molar-refractivity contribution in [3.8, 4) is 11.4 Å². The van der Waals surface area contributed by atoms with Crippen molar-refractivity contribution in [3.05, 3.63) is 59.9 Å². The molecule has 0 spiro atoms. The molecule has 8 heteroatoms. The van der Waals surface area contributed by atoms with Crippen LogP contribution in [-0.2, 0) is 15.4 Å². The lowest BCUT2D eigenvalue weighted by Gasteiger charge is -2.38. The van der Waals surface area contributed by atoms with Crippen molar-refractivity contribution in [1.82, 2.24) is 14.3 Å². The number of pyridine rings is 2. The minimum absolute atomic E-state index is 0.187. The third kappa shape index (κ3) is 7.76. The van der Waals surface area contributed by atoms with E-state index in [4.69, 9.17) is 13.8 Å². The Hall–Kier alpha value is -2.11. The monoisotopic (exact) mass is 567 g/mol. The zero-order valence-electron chi connectivity index (χ0n) is 25.8. The molecule has 0 radical (unpaired) electrons. The van der Waals surface area contributed by atoms with E-state index in [0.29, 0.717) is 18.8 Å². The summed E-state index contributed by atoms with van der Waals surface area (Å²) in [6, 6.07) is 12.0. The van der Waals surface area contributed by atoms with Crippen LogP contribution in [-0.4, -0.2) is 63.5 Å². The van der Waals surface area contributed by atoms with Crippen LogP contribution in [0, 0.1) is 0 Å². The fourth-order valence-electron chi connectivity index (χ4n) is 3.98. The lowest BCUT2D eigenvalue weighted by molar-refractivity contribution is 0.112. The van der Waals surface area contributed by atoms with Crippen molar-refractivity contribution in [2.75, 3.05) is 26.3 Å². The van der Waals surface area contributed by atoms with E-state index in [1.165, 1.54) is 0 Å². The highest BCUT2D eigenvalue weighted by molar-refractivity contribution is 6.74. The lowest BCUT2D eigenvalue weighted by Crippen LogP contribution is -2.44. The van der Waals surface area contributed by atoms with Crippen LogP contribution in [0.5, 0.6) is 0 Å². The zero-order chi connectivity index (χ0) is 29.1. The van der Waals surface area contributed by atoms with Gasteiger partial charge in [0.15, 0.2) is 22.9 Å². The number of carbonyl (C=O) groups is 1. The van der Waals surface area contributed by atoms with Crippen molar-refractivity contribution >= 4 is 28.4 Å². The predicted molar refractivity (Wildman–Crippen MR) is 168 cm³/mol. The van der Waals surface area contributed by atoms with Gasteiger partial charge in [-0.15, -0.1) is 0 Å². The van der Waals surface area contributed by atoms with E-state index in [2.05, 4.69) is 78.7 Å². The molecule has 3 aromatic rings. The number of fused-ring (bicyclic) bond motifs is 1. The lowest BCUT2D eigenvalue weighted by atomic mass is 10.1. The molecule has 3 rings (SSSR count). The number of hydrogen-bond donors (Lipinski definition) is 0. The molecule has 6 nitrogen and oxygen atoms in total. The van der Waals surface area contributed by atoms with Crippen molar-refractivity contribution in [3.63, 3.8) is 0 Å². The molecule has 0 aliphatic heterocycles. The van der Waals surface area contributed by atoms with Gasteiger partial charge in [0.05, 0.1) is 11.4 Å². The fourth-order valence-corrected chi connectivity index (χ4v) is 6.05. The molecular formula is C31H49N3O3Si2. The van der Waals surface area contributed by atoms with Crippen molar-refractivity contribution < 1.29 is 13.6 Å². The van der Waals surface area contributed by atoms with Gasteiger partial charge in [-0.05, 0) is 66.1 Å². The Balaban J connectivity index is 1.75. The van der Waals surface area contributed by atoms with Crippen molar-refractivity contribution in [2.45, 2.75) is 84.4 Å². The second kappa shape index (κ2) is 12.2. The standard InChI is InChI=1S/C31H49N3O3Si2/c1-30(2,3)38(7,8)36-19-17-33(18-20-37-39(9,10)31(4,5)6)23-25-14-15-28(32-22-25)29-26(24-35)21-27-13-11-12-16-34(27)29/h11-16,21-22,24H,17-20,23H2,1-10H3. The molecule has 0 fully saturated rings. The summed E-state index contributed by atoms with van der Waals surface area (Å²) in [5.74, 6) is 0. The Morgan fingerprint density at radius 1 is 0.897 bits per heavy atom. The molecule has 0 saturated heterocycles. The SMILES string of the molecule is CC(C)(C)[Si](C)(C)OCCN(CCO[Si](C)(C)C(C)(C)C)Cc1ccc(-c2c(C=O)cc3ccccn23)nc1. The van der Waals surface area contributed by atoms with Gasteiger partial charge in [0, 0.05) is 56.3 Å². The van der Waals surface area contributed by atoms with Crippen LogP contribution in [0.15, 0.2) is 48.8 Å². The molecule has 0 bridgehead atoms. The maximum absolute atomic E-state index is 11.8. The molecule has 0 N–H and O–H groups in total. The number of nitrogens with zero attached hydrogens (tertiary/aromatic N) is 3. The maximum Gasteiger partial charge on any atom is 0.192 e. The average Bonchev–Trinajstić information content (AvgIpc) is 3.21. The molecule has 0 amide bonds. The largest absolute Gasteiger partial charge is 0.416 e. The summed E-state index contributed by atoms with van der Waals surface area (Å²) in [6.07, 6.45) is 4.81. The molecule has 0 aliphatic rings. The Labute approximate surface area is 238 Å². The fraction of sp³-hybridized carbons (Fsp3) is 0.548. The number of aromatic nitrogens is 2. The number of hydrogen-bond acceptors (Lipinski definition) is 5. The smallest absolute Gasteiger partial charge is 0.192 e. The van der Waals surface area contributed by atoms with Crippen LogP contribution in [0.1, 0.15) is 57.5 Å². The minimum atomic E-state index is -1.81. The molecule has 39 heavy (non-hydrogen) atoms. The summed E-state index contributed by atoms with van der Waals surface area (Å²) in [5.41, 5.74) is 4.38. The van der Waals surface area contributed by atoms with E-state index in [9.17, 15) is 4.79 Å². The second-order valence-electron chi connectivity index (χ2n) is 13.6. The zero-order valence-corrected chi connectivity index (χ0v) is 27.8. The summed E-state index contributed by atoms with van der Waals surface area (Å²) >= 11 is 0. The molecule has 0 saturated carbocycles. The molecule has 3 heterocycles. The maximum atomic E-state index is 11.8. The first-order chi connectivity index (χ1) is 18.1. The summed E-state index contributed by atoms with van der Waals surface area (Å²) in [6.45, 7) is 26.8. The van der Waals surface area contributed by atoms with Crippen LogP contribution in [0.3, 0.4) is 0 Å². The summed E-state index contributed by atoms with van der Waals surface area (Å²) < 4.78 is 15.0. The quantitative estimate of drug-likeness (QED) is 0.166. The Bertz CT molecular complexity index is 1210. The first-order valence-corrected chi connectivity index (χ1v) is 19.9. The van der Waals surface area contributed by atoms with Crippen LogP contribution in [0.4, 0.5) is 0 Å². The Kier molecular flexibility index (Phi) is 9.82. The molecule has 214 valence electrons. The van der Waals surface area contributed by atoms with E-state index >= 15 is 0 Å². The van der Waals surface area contributed by atoms with Crippen molar-refractivity contribution in [1.29, 1.82) is 0 Å². The van der Waals surface area contributed by atoms with E-state index in [1.54, 1.807) is 0 Å². The molecule has 0 unspecified atom stereocenters. The van der Waals surface area contributed by atoms with E-state index in [-0.39, 0.29) is 10.1 Å². The summed E-state index contributed by atoms with van der Waals surface area (Å²) in [7, 11) is -3.63. The highest BCUT2D eigenvalue weighted by Crippen LogP contribution is 2.37. The van der Waals surface area contributed by atoms with E-state index in [1.807, 2.05) is 47.1 Å². The molecule has 0 aromatic carbocycles. The van der Waals surface area contributed by atoms with Gasteiger partial charge in [0.2, 0.25) is 0 Å². The average molecular weight is 568 g/mol. The Morgan fingerprint density at radius 2 is 1.49 bits per heavy atom. The van der Waals surface area contributed by atoms with Crippen LogP contribution in [0.2, 0.25) is 36.3 Å². The van der Waals surface area contributed by atoms with Gasteiger partial charge >= 0.3 is 0 Å². The second-order valence-corrected chi connectivity index (χ2v) is 23.2. The summed E-state index contributed by atoms with van der Waals surface area (Å²) in [4.78, 5) is 19.0. The highest BCUT2D eigenvalue weighted by atomic mass is 28.4. The van der Waals surface area contributed by atoms with Crippen LogP contribution in [0.25, 0.3) is 16.9 Å². The van der Waals surface area contributed by atoms with Gasteiger partial charge in [0.25, 0.3) is 0 Å². The van der Waals surface area contributed by atoms with E-state index in [0.717, 1.165) is 48.4 Å². The van der Waals surface area contributed by atoms with E-state index < -0.39 is 16.6 Å². The van der Waals surface area contributed by atoms with Gasteiger partial charge in [-0.25, -0.2) is 0 Å². The van der Waals surface area contributed by atoms with Gasteiger partial charge in [0.1, 0.15) is 0 Å². The normalized spacial score (nSPS) is 13.4. The number of carbonyl (C=O) groups excluding carboxylic acids is 1. The highest BCUT2D eigenvalue weighted by Gasteiger charge is 2.38. The topological polar surface area (TPSA) is 56.1 Å². The number of aldehydes is 1. The molecular weight excluding hydrogens is 519 g/mol. The summed E-state index contributed by atoms with van der Waals surface area (Å²) in [5, 5.41) is 0.374. The van der Waals surface area contributed by atoms with Crippen LogP contribution < -0.4 is 0 Å². The number of rotatable bonds is 12. The van der Waals surface area contributed by atoms with Crippen molar-refractivity contribution in [2.24, 2.45) is 0 Å². The van der Waals surface area contributed by atoms with Gasteiger partial charge in [-0.3, -0.25) is 14.7 Å².